The molecule has 2 N–H and O–H groups in total. The van der Waals surface area contributed by atoms with Crippen LogP contribution in [-0.4, -0.2) is 65.2 Å². The Morgan fingerprint density at radius 3 is 2.52 bits per heavy atom. The molecule has 21 heavy (non-hydrogen) atoms. The lowest BCUT2D eigenvalue weighted by Crippen LogP contribution is -2.57. The summed E-state index contributed by atoms with van der Waals surface area (Å²) in [6, 6.07) is -0.961. The van der Waals surface area contributed by atoms with Gasteiger partial charge < -0.3 is 20.2 Å². The van der Waals surface area contributed by atoms with Crippen LogP contribution >= 0.6 is 0 Å². The van der Waals surface area contributed by atoms with Crippen LogP contribution < -0.4 is 5.32 Å². The van der Waals surface area contributed by atoms with E-state index < -0.39 is 12.0 Å². The van der Waals surface area contributed by atoms with Crippen molar-refractivity contribution in [2.24, 2.45) is 5.92 Å². The standard InChI is InChI=1S/C15H29N3O3/c1-5-17(6-2)10-12(4)16-15(21)18-9-7-8-11(3)13(18)14(19)20/h11-13H,5-10H2,1-4H3,(H,16,21)(H,19,20). The number of aliphatic carboxylic acids is 1. The predicted molar refractivity (Wildman–Crippen MR) is 82.3 cm³/mol. The number of nitrogens with one attached hydrogen (secondary N) is 1. The number of carbonyl (C=O) groups excluding carboxylic acids is 1. The van der Waals surface area contributed by atoms with Crippen molar-refractivity contribution < 1.29 is 14.7 Å². The molecule has 122 valence electrons. The van der Waals surface area contributed by atoms with Crippen LogP contribution in [0.3, 0.4) is 0 Å². The van der Waals surface area contributed by atoms with E-state index in [1.54, 1.807) is 0 Å². The van der Waals surface area contributed by atoms with Crippen LogP contribution in [0.15, 0.2) is 0 Å². The minimum Gasteiger partial charge on any atom is -0.480 e. The summed E-state index contributed by atoms with van der Waals surface area (Å²) < 4.78 is 0. The van der Waals surface area contributed by atoms with Crippen molar-refractivity contribution >= 4 is 12.0 Å². The minimum absolute atomic E-state index is 0.0000817. The van der Waals surface area contributed by atoms with Gasteiger partial charge in [-0.2, -0.15) is 0 Å². The first-order valence-electron chi connectivity index (χ1n) is 7.92. The second-order valence-corrected chi connectivity index (χ2v) is 5.93. The second kappa shape index (κ2) is 8.22. The van der Waals surface area contributed by atoms with Crippen LogP contribution in [0.25, 0.3) is 0 Å². The van der Waals surface area contributed by atoms with Crippen LogP contribution in [0.1, 0.15) is 40.5 Å². The van der Waals surface area contributed by atoms with Crippen molar-refractivity contribution in [3.05, 3.63) is 0 Å². The molecule has 3 unspecified atom stereocenters. The molecule has 1 heterocycles. The van der Waals surface area contributed by atoms with Gasteiger partial charge in [0, 0.05) is 19.1 Å². The molecular formula is C15H29N3O3. The van der Waals surface area contributed by atoms with E-state index in [2.05, 4.69) is 24.1 Å². The summed E-state index contributed by atoms with van der Waals surface area (Å²) >= 11 is 0. The first-order valence-corrected chi connectivity index (χ1v) is 7.92. The quantitative estimate of drug-likeness (QED) is 0.781. The molecule has 1 fully saturated rings. The Morgan fingerprint density at radius 1 is 1.38 bits per heavy atom. The number of rotatable bonds is 6. The molecule has 1 aliphatic rings. The topological polar surface area (TPSA) is 72.9 Å². The molecule has 0 aromatic carbocycles. The largest absolute Gasteiger partial charge is 0.480 e. The summed E-state index contributed by atoms with van der Waals surface area (Å²) in [4.78, 5) is 27.5. The van der Waals surface area contributed by atoms with Gasteiger partial charge >= 0.3 is 12.0 Å². The molecule has 0 saturated carbocycles. The smallest absolute Gasteiger partial charge is 0.326 e. The number of nitrogens with zero attached hydrogens (tertiary/aromatic N) is 2. The van der Waals surface area contributed by atoms with Crippen LogP contribution in [0.2, 0.25) is 0 Å². The fourth-order valence-electron chi connectivity index (χ4n) is 3.00. The summed E-state index contributed by atoms with van der Waals surface area (Å²) in [7, 11) is 0. The first-order chi connectivity index (χ1) is 9.90. The molecular weight excluding hydrogens is 270 g/mol. The fraction of sp³-hybridized carbons (Fsp3) is 0.867. The van der Waals surface area contributed by atoms with E-state index in [0.29, 0.717) is 6.54 Å². The number of urea groups is 1. The number of piperidine rings is 1. The van der Waals surface area contributed by atoms with Gasteiger partial charge in [0.05, 0.1) is 0 Å². The third-order valence-corrected chi connectivity index (χ3v) is 4.24. The summed E-state index contributed by atoms with van der Waals surface area (Å²) in [5.41, 5.74) is 0. The molecule has 3 atom stereocenters. The van der Waals surface area contributed by atoms with E-state index in [1.165, 1.54) is 4.90 Å². The van der Waals surface area contributed by atoms with Gasteiger partial charge in [0.25, 0.3) is 0 Å². The van der Waals surface area contributed by atoms with Crippen LogP contribution in [0, 0.1) is 5.92 Å². The third kappa shape index (κ3) is 4.88. The van der Waals surface area contributed by atoms with E-state index in [0.717, 1.165) is 32.5 Å². The van der Waals surface area contributed by atoms with E-state index in [4.69, 9.17) is 0 Å². The molecule has 1 rings (SSSR count). The maximum Gasteiger partial charge on any atom is 0.326 e. The Balaban J connectivity index is 2.62. The van der Waals surface area contributed by atoms with Gasteiger partial charge in [0.2, 0.25) is 0 Å². The molecule has 6 nitrogen and oxygen atoms in total. The monoisotopic (exact) mass is 299 g/mol. The minimum atomic E-state index is -0.909. The summed E-state index contributed by atoms with van der Waals surface area (Å²) in [5.74, 6) is -0.908. The molecule has 0 bridgehead atoms. The van der Waals surface area contributed by atoms with Crippen molar-refractivity contribution in [2.75, 3.05) is 26.2 Å². The van der Waals surface area contributed by atoms with Gasteiger partial charge in [-0.25, -0.2) is 9.59 Å². The highest BCUT2D eigenvalue weighted by atomic mass is 16.4. The molecule has 0 radical (unpaired) electrons. The molecule has 1 saturated heterocycles. The van der Waals surface area contributed by atoms with Gasteiger partial charge in [0.15, 0.2) is 0 Å². The maximum atomic E-state index is 12.4. The van der Waals surface area contributed by atoms with Crippen molar-refractivity contribution in [3.63, 3.8) is 0 Å². The lowest BCUT2D eigenvalue weighted by Gasteiger charge is -2.38. The number of carboxylic acid groups (broad SMARTS) is 1. The van der Waals surface area contributed by atoms with E-state index in [-0.39, 0.29) is 18.0 Å². The summed E-state index contributed by atoms with van der Waals surface area (Å²) in [6.07, 6.45) is 1.72. The first kappa shape index (κ1) is 17.8. The Kier molecular flexibility index (Phi) is 6.95. The number of hydrogen-bond donors (Lipinski definition) is 2. The summed E-state index contributed by atoms with van der Waals surface area (Å²) in [5, 5.41) is 12.3. The SMILES string of the molecule is CCN(CC)CC(C)NC(=O)N1CCCC(C)C1C(=O)O. The van der Waals surface area contributed by atoms with Gasteiger partial charge in [0.1, 0.15) is 6.04 Å². The Labute approximate surface area is 127 Å². The number of hydrogen-bond acceptors (Lipinski definition) is 3. The molecule has 0 aliphatic carbocycles. The summed E-state index contributed by atoms with van der Waals surface area (Å²) in [6.45, 7) is 11.2. The average Bonchev–Trinajstić information content (AvgIpc) is 2.43. The number of amides is 2. The van der Waals surface area contributed by atoms with Gasteiger partial charge in [-0.05, 0) is 38.8 Å². The molecule has 2 amide bonds. The van der Waals surface area contributed by atoms with E-state index in [1.807, 2.05) is 13.8 Å². The van der Waals surface area contributed by atoms with E-state index in [9.17, 15) is 14.7 Å². The highest BCUT2D eigenvalue weighted by Gasteiger charge is 2.37. The zero-order chi connectivity index (χ0) is 16.0. The van der Waals surface area contributed by atoms with Crippen molar-refractivity contribution in [1.82, 2.24) is 15.1 Å². The Hall–Kier alpha value is -1.30. The molecule has 0 aromatic rings. The molecule has 0 spiro atoms. The number of carboxylic acids is 1. The molecule has 6 heteroatoms. The van der Waals surface area contributed by atoms with Crippen LogP contribution in [0.5, 0.6) is 0 Å². The average molecular weight is 299 g/mol. The number of carbonyl (C=O) groups is 2. The molecule has 0 aromatic heterocycles. The van der Waals surface area contributed by atoms with Crippen molar-refractivity contribution in [2.45, 2.75) is 52.6 Å². The van der Waals surface area contributed by atoms with E-state index >= 15 is 0 Å². The zero-order valence-corrected chi connectivity index (χ0v) is 13.6. The third-order valence-electron chi connectivity index (χ3n) is 4.24. The Bertz CT molecular complexity index is 358. The van der Waals surface area contributed by atoms with Crippen molar-refractivity contribution in [3.8, 4) is 0 Å². The van der Waals surface area contributed by atoms with Crippen LogP contribution in [0.4, 0.5) is 4.79 Å². The van der Waals surface area contributed by atoms with Crippen molar-refractivity contribution in [1.29, 1.82) is 0 Å². The van der Waals surface area contributed by atoms with Gasteiger partial charge in [-0.15, -0.1) is 0 Å². The highest BCUT2D eigenvalue weighted by Crippen LogP contribution is 2.23. The fourth-order valence-corrected chi connectivity index (χ4v) is 3.00. The number of likely N-dealkylation sites (tertiary alicyclic amines) is 1. The highest BCUT2D eigenvalue weighted by molar-refractivity contribution is 5.83. The maximum absolute atomic E-state index is 12.4. The molecule has 1 aliphatic heterocycles. The lowest BCUT2D eigenvalue weighted by atomic mass is 9.91. The normalized spacial score (nSPS) is 24.0. The Morgan fingerprint density at radius 2 is 2.00 bits per heavy atom. The zero-order valence-electron chi connectivity index (χ0n) is 13.6. The number of likely N-dealkylation sites (N-methyl/N-ethyl adjacent to an activating group) is 1. The van der Waals surface area contributed by atoms with Gasteiger partial charge in [-0.1, -0.05) is 20.8 Å². The van der Waals surface area contributed by atoms with Crippen LogP contribution in [-0.2, 0) is 4.79 Å². The lowest BCUT2D eigenvalue weighted by molar-refractivity contribution is -0.145. The predicted octanol–water partition coefficient (Wildman–Crippen LogP) is 1.61. The van der Waals surface area contributed by atoms with Gasteiger partial charge in [-0.3, -0.25) is 0 Å². The second-order valence-electron chi connectivity index (χ2n) is 5.93.